The van der Waals surface area contributed by atoms with Gasteiger partial charge in [0.05, 0.1) is 65.0 Å². The summed E-state index contributed by atoms with van der Waals surface area (Å²) < 4.78 is 51.9. The summed E-state index contributed by atoms with van der Waals surface area (Å²) in [7, 11) is 0. The molecule has 0 spiro atoms. The highest BCUT2D eigenvalue weighted by Gasteiger charge is 2.48. The third-order valence-corrected chi connectivity index (χ3v) is 16.1. The standard InChI is InChI=1S/C64H116N10O27/c1-39(2)74-64(36-93-30-18-49(84)68-24-12-21-65-46(81)15-6-9-27-96-61-52(71-40(3)78)58(90)55(87)43(33-75)99-61,37-94-31-19-50(85)69-25-13-22-66-47(82)16-7-10-28-97-62-53(72-41(4)79)59(91)56(88)44(34-76)100-62)38-95-32-20-51(86)70-26-14-23-67-48(83)17-8-11-29-98-63-54(73-42(5)80)60(92)57(89)45(35-77)101-63/h39,43-45,52-63,74-77,87-92H,6-38H2,1-5H3,(H,65,81)(H,66,82)(H,67,83)(H,68,84)(H,69,85)(H,70,86)(H,71,78)(H,72,79)(H,73,80). The molecule has 0 aromatic rings. The van der Waals surface area contributed by atoms with E-state index in [0.29, 0.717) is 57.8 Å². The highest BCUT2D eigenvalue weighted by atomic mass is 16.7. The first-order valence-corrected chi connectivity index (χ1v) is 34.9. The molecule has 0 aromatic heterocycles. The summed E-state index contributed by atoms with van der Waals surface area (Å²) in [5.74, 6) is -3.01. The van der Waals surface area contributed by atoms with Crippen molar-refractivity contribution < 1.29 is 132 Å². The van der Waals surface area contributed by atoms with Crippen LogP contribution in [0, 0.1) is 0 Å². The van der Waals surface area contributed by atoms with E-state index in [1.807, 2.05) is 13.8 Å². The molecule has 101 heavy (non-hydrogen) atoms. The molecule has 3 saturated heterocycles. The maximum Gasteiger partial charge on any atom is 0.222 e. The van der Waals surface area contributed by atoms with E-state index in [2.05, 4.69) is 53.2 Å². The molecule has 3 fully saturated rings. The van der Waals surface area contributed by atoms with Crippen LogP contribution in [0.4, 0.5) is 0 Å². The van der Waals surface area contributed by atoms with Gasteiger partial charge in [0.25, 0.3) is 0 Å². The zero-order valence-corrected chi connectivity index (χ0v) is 58.9. The van der Waals surface area contributed by atoms with Gasteiger partial charge in [0.1, 0.15) is 73.1 Å². The Morgan fingerprint density at radius 3 is 0.832 bits per heavy atom. The fraction of sp³-hybridized carbons (Fsp3) is 0.859. The molecule has 3 heterocycles. The van der Waals surface area contributed by atoms with Gasteiger partial charge in [-0.1, -0.05) is 13.8 Å². The minimum absolute atomic E-state index is 0.00518. The monoisotopic (exact) mass is 1460 g/mol. The van der Waals surface area contributed by atoms with Crippen molar-refractivity contribution in [2.24, 2.45) is 0 Å². The first kappa shape index (κ1) is 89.7. The van der Waals surface area contributed by atoms with Crippen LogP contribution >= 0.6 is 0 Å². The van der Waals surface area contributed by atoms with E-state index >= 15 is 0 Å². The molecule has 0 bridgehead atoms. The Labute approximate surface area is 589 Å². The number of hydrogen-bond acceptors (Lipinski definition) is 28. The number of unbranched alkanes of at least 4 members (excludes halogenated alkanes) is 3. The Hall–Kier alpha value is -5.53. The lowest BCUT2D eigenvalue weighted by molar-refractivity contribution is -0.270. The average molecular weight is 1460 g/mol. The Morgan fingerprint density at radius 1 is 0.356 bits per heavy atom. The van der Waals surface area contributed by atoms with E-state index in [0.717, 1.165) is 0 Å². The molecule has 15 unspecified atom stereocenters. The molecule has 584 valence electrons. The van der Waals surface area contributed by atoms with Gasteiger partial charge in [-0.15, -0.1) is 0 Å². The lowest BCUT2D eigenvalue weighted by Gasteiger charge is -2.42. The Balaban J connectivity index is 1.40. The molecule has 3 aliphatic heterocycles. The van der Waals surface area contributed by atoms with E-state index in [9.17, 15) is 89.1 Å². The number of nitrogens with one attached hydrogen (secondary N) is 10. The van der Waals surface area contributed by atoms with Gasteiger partial charge < -0.3 is 142 Å². The van der Waals surface area contributed by atoms with Crippen molar-refractivity contribution >= 4 is 53.2 Å². The highest BCUT2D eigenvalue weighted by molar-refractivity contribution is 5.78. The van der Waals surface area contributed by atoms with Gasteiger partial charge in [-0.3, -0.25) is 43.2 Å². The van der Waals surface area contributed by atoms with Gasteiger partial charge in [-0.05, 0) is 57.8 Å². The molecule has 37 heteroatoms. The molecular weight excluding hydrogens is 1340 g/mol. The molecule has 19 N–H and O–H groups in total. The van der Waals surface area contributed by atoms with Crippen molar-refractivity contribution in [3.63, 3.8) is 0 Å². The summed E-state index contributed by atoms with van der Waals surface area (Å²) in [4.78, 5) is 111. The number of aliphatic hydroxyl groups excluding tert-OH is 9. The van der Waals surface area contributed by atoms with E-state index in [1.165, 1.54) is 20.8 Å². The van der Waals surface area contributed by atoms with Crippen LogP contribution in [-0.2, 0) is 85.8 Å². The largest absolute Gasteiger partial charge is 0.394 e. The Bertz CT molecular complexity index is 2180. The summed E-state index contributed by atoms with van der Waals surface area (Å²) in [6.07, 6.45) is -11.0. The zero-order valence-electron chi connectivity index (χ0n) is 58.9. The topological polar surface area (TPSA) is 539 Å². The van der Waals surface area contributed by atoms with Gasteiger partial charge in [0.15, 0.2) is 18.9 Å². The fourth-order valence-electron chi connectivity index (χ4n) is 10.9. The van der Waals surface area contributed by atoms with Gasteiger partial charge in [-0.25, -0.2) is 0 Å². The van der Waals surface area contributed by atoms with Crippen LogP contribution in [0.1, 0.15) is 131 Å². The third-order valence-electron chi connectivity index (χ3n) is 16.1. The lowest BCUT2D eigenvalue weighted by atomic mass is 9.97. The molecule has 37 nitrogen and oxygen atoms in total. The second-order valence-corrected chi connectivity index (χ2v) is 25.4. The van der Waals surface area contributed by atoms with Crippen LogP contribution in [0.5, 0.6) is 0 Å². The lowest BCUT2D eigenvalue weighted by Crippen LogP contribution is -2.64. The number of aliphatic hydroxyl groups is 9. The molecule has 9 amide bonds. The number of carbonyl (C=O) groups excluding carboxylic acids is 9. The smallest absolute Gasteiger partial charge is 0.222 e. The molecule has 0 aliphatic carbocycles. The second-order valence-electron chi connectivity index (χ2n) is 25.4. The van der Waals surface area contributed by atoms with E-state index in [4.69, 9.17) is 42.6 Å². The second kappa shape index (κ2) is 50.8. The van der Waals surface area contributed by atoms with Crippen LogP contribution in [0.2, 0.25) is 0 Å². The summed E-state index contributed by atoms with van der Waals surface area (Å²) in [5.41, 5.74) is -1.02. The highest BCUT2D eigenvalue weighted by Crippen LogP contribution is 2.26. The number of hydrogen-bond donors (Lipinski definition) is 19. The van der Waals surface area contributed by atoms with Crippen LogP contribution in [0.15, 0.2) is 0 Å². The fourth-order valence-corrected chi connectivity index (χ4v) is 10.9. The van der Waals surface area contributed by atoms with E-state index < -0.39 is 135 Å². The third kappa shape index (κ3) is 36.2. The quantitative estimate of drug-likeness (QED) is 0.0252. The van der Waals surface area contributed by atoms with Crippen LogP contribution in [0.3, 0.4) is 0 Å². The Morgan fingerprint density at radius 2 is 0.604 bits per heavy atom. The summed E-state index contributed by atoms with van der Waals surface area (Å²) in [5, 5.41) is 118. The summed E-state index contributed by atoms with van der Waals surface area (Å²) in [6, 6.07) is -3.36. The van der Waals surface area contributed by atoms with Crippen LogP contribution in [-0.4, -0.2) is 321 Å². The van der Waals surface area contributed by atoms with E-state index in [1.54, 1.807) is 0 Å². The zero-order chi connectivity index (χ0) is 74.7. The molecule has 3 rings (SSSR count). The number of rotatable bonds is 53. The maximum atomic E-state index is 12.9. The van der Waals surface area contributed by atoms with Crippen molar-refractivity contribution in [2.45, 2.75) is 234 Å². The predicted molar refractivity (Wildman–Crippen MR) is 355 cm³/mol. The number of amides is 9. The van der Waals surface area contributed by atoms with Gasteiger partial charge >= 0.3 is 0 Å². The van der Waals surface area contributed by atoms with Gasteiger partial charge in [0.2, 0.25) is 53.2 Å². The number of carbonyl (C=O) groups is 9. The van der Waals surface area contributed by atoms with Crippen LogP contribution < -0.4 is 53.2 Å². The van der Waals surface area contributed by atoms with Crippen molar-refractivity contribution in [1.82, 2.24) is 53.2 Å². The SMILES string of the molecule is CC(=O)NC1C(OCCCCC(=O)NCCCNC(=O)CCOCC(COCCC(=O)NCCCNC(=O)CCCCOC2OC(CO)C(O)C(O)C2NC(C)=O)(COCCC(=O)NCCCNC(=O)CCCCOC2OC(CO)C(O)C(O)C2NC(C)=O)NC(C)C)OC(CO)C(O)C1O. The molecule has 15 atom stereocenters. The van der Waals surface area contributed by atoms with Gasteiger partial charge in [-0.2, -0.15) is 0 Å². The minimum Gasteiger partial charge on any atom is -0.394 e. The average Bonchev–Trinajstić information content (AvgIpc) is 0.826. The first-order valence-electron chi connectivity index (χ1n) is 34.9. The van der Waals surface area contributed by atoms with Crippen molar-refractivity contribution in [3.8, 4) is 0 Å². The first-order chi connectivity index (χ1) is 48.2. The molecular formula is C64H116N10O27. The molecule has 0 saturated carbocycles. The summed E-state index contributed by atoms with van der Waals surface area (Å²) in [6.45, 7) is 7.73. The van der Waals surface area contributed by atoms with Gasteiger partial charge in [0, 0.05) is 124 Å². The van der Waals surface area contributed by atoms with Crippen molar-refractivity contribution in [2.75, 3.05) is 119 Å². The summed E-state index contributed by atoms with van der Waals surface area (Å²) >= 11 is 0. The molecule has 3 aliphatic rings. The molecule has 0 aromatic carbocycles. The Kier molecular flexibility index (Phi) is 45.1. The molecule has 0 radical (unpaired) electrons. The predicted octanol–water partition coefficient (Wildman–Crippen LogP) is -6.80. The maximum absolute atomic E-state index is 12.9. The normalized spacial score (nSPS) is 25.6. The van der Waals surface area contributed by atoms with E-state index in [-0.39, 0.29) is 179 Å². The van der Waals surface area contributed by atoms with Crippen molar-refractivity contribution in [1.29, 1.82) is 0 Å². The minimum atomic E-state index is -1.44. The number of ether oxygens (including phenoxy) is 9. The van der Waals surface area contributed by atoms with Crippen LogP contribution in [0.25, 0.3) is 0 Å². The van der Waals surface area contributed by atoms with Crippen molar-refractivity contribution in [3.05, 3.63) is 0 Å².